The largest absolute Gasteiger partial charge is 0.277 e. The van der Waals surface area contributed by atoms with Gasteiger partial charge < -0.3 is 0 Å². The summed E-state index contributed by atoms with van der Waals surface area (Å²) in [5.41, 5.74) is 0. The fourth-order valence-electron chi connectivity index (χ4n) is 4.22. The normalized spacial score (nSPS) is 18.4. The molecule has 0 aliphatic carbocycles. The van der Waals surface area contributed by atoms with Crippen molar-refractivity contribution in [3.63, 3.8) is 0 Å². The Kier molecular flexibility index (Phi) is 16.3. The van der Waals surface area contributed by atoms with E-state index in [2.05, 4.69) is 47.3 Å². The van der Waals surface area contributed by atoms with Gasteiger partial charge in [0, 0.05) is 26.2 Å². The lowest BCUT2D eigenvalue weighted by Crippen LogP contribution is -2.55. The lowest BCUT2D eigenvalue weighted by Gasteiger charge is -2.42. The van der Waals surface area contributed by atoms with E-state index in [1.54, 1.807) is 0 Å². The molecule has 1 aliphatic rings. The van der Waals surface area contributed by atoms with E-state index in [1.165, 1.54) is 103 Å². The van der Waals surface area contributed by atoms with Gasteiger partial charge in [-0.2, -0.15) is 0 Å². The number of rotatable bonds is 16. The average molecular weight is 397 g/mol. The maximum Gasteiger partial charge on any atom is 0.0529 e. The van der Waals surface area contributed by atoms with E-state index < -0.39 is 0 Å². The van der Waals surface area contributed by atoms with Crippen LogP contribution in [0.2, 0.25) is 0 Å². The summed E-state index contributed by atoms with van der Waals surface area (Å²) in [5.74, 6) is 0. The zero-order valence-electron chi connectivity index (χ0n) is 19.9. The van der Waals surface area contributed by atoms with E-state index in [-0.39, 0.29) is 0 Å². The number of hydrogen-bond donors (Lipinski definition) is 0. The van der Waals surface area contributed by atoms with Crippen LogP contribution >= 0.6 is 0 Å². The van der Waals surface area contributed by atoms with Crippen molar-refractivity contribution >= 4 is 0 Å². The van der Waals surface area contributed by atoms with Gasteiger partial charge in [0.15, 0.2) is 0 Å². The van der Waals surface area contributed by atoms with E-state index in [4.69, 9.17) is 0 Å². The number of hydrogen-bond acceptors (Lipinski definition) is 4. The molecule has 1 fully saturated rings. The quantitative estimate of drug-likeness (QED) is 0.306. The lowest BCUT2D eigenvalue weighted by atomic mass is 10.2. The minimum absolute atomic E-state index is 1.15. The van der Waals surface area contributed by atoms with Gasteiger partial charge in [-0.05, 0) is 25.7 Å². The van der Waals surface area contributed by atoms with E-state index >= 15 is 0 Å². The van der Waals surface area contributed by atoms with Crippen molar-refractivity contribution in [2.75, 3.05) is 52.9 Å². The first-order chi connectivity index (χ1) is 13.7. The van der Waals surface area contributed by atoms with Crippen LogP contribution in [-0.2, 0) is 0 Å². The second-order valence-corrected chi connectivity index (χ2v) is 8.97. The van der Waals surface area contributed by atoms with Crippen molar-refractivity contribution in [2.24, 2.45) is 0 Å². The van der Waals surface area contributed by atoms with Crippen LogP contribution in [0.4, 0.5) is 0 Å². The van der Waals surface area contributed by atoms with Crippen molar-refractivity contribution in [1.82, 2.24) is 19.6 Å². The van der Waals surface area contributed by atoms with Crippen molar-refractivity contribution in [1.29, 1.82) is 0 Å². The van der Waals surface area contributed by atoms with Crippen LogP contribution in [0.25, 0.3) is 0 Å². The molecule has 0 spiro atoms. The molecule has 4 heteroatoms. The molecule has 0 atom stereocenters. The van der Waals surface area contributed by atoms with E-state index in [9.17, 15) is 0 Å². The zero-order chi connectivity index (χ0) is 20.5. The molecule has 28 heavy (non-hydrogen) atoms. The Bertz CT molecular complexity index is 265. The van der Waals surface area contributed by atoms with Gasteiger partial charge in [-0.1, -0.05) is 79.1 Å². The Morgan fingerprint density at radius 1 is 0.357 bits per heavy atom. The minimum atomic E-state index is 1.15. The highest BCUT2D eigenvalue weighted by molar-refractivity contribution is 4.70. The molecule has 0 saturated carbocycles. The second kappa shape index (κ2) is 17.7. The molecule has 0 aromatic heterocycles. The standard InChI is InChI=1S/C24H52N4/c1-5-9-13-17-25-21-26(18-14-10-6-2)23-28(20-16-12-8-4)24-27(22-25)19-15-11-7-3/h5-24H2,1-4H3. The van der Waals surface area contributed by atoms with Crippen molar-refractivity contribution in [3.8, 4) is 0 Å². The van der Waals surface area contributed by atoms with Crippen LogP contribution < -0.4 is 0 Å². The Morgan fingerprint density at radius 3 is 0.750 bits per heavy atom. The number of unbranched alkanes of at least 4 members (excludes halogenated alkanes) is 8. The van der Waals surface area contributed by atoms with Gasteiger partial charge in [0.05, 0.1) is 26.7 Å². The van der Waals surface area contributed by atoms with Gasteiger partial charge in [-0.3, -0.25) is 19.6 Å². The Hall–Kier alpha value is -0.160. The summed E-state index contributed by atoms with van der Waals surface area (Å²) in [6.45, 7) is 18.9. The molecule has 168 valence electrons. The summed E-state index contributed by atoms with van der Waals surface area (Å²) in [7, 11) is 0. The maximum atomic E-state index is 2.73. The van der Waals surface area contributed by atoms with E-state index in [1.807, 2.05) is 0 Å². The third-order valence-electron chi connectivity index (χ3n) is 5.91. The molecule has 1 saturated heterocycles. The van der Waals surface area contributed by atoms with Gasteiger partial charge >= 0.3 is 0 Å². The Morgan fingerprint density at radius 2 is 0.571 bits per heavy atom. The molecular formula is C24H52N4. The zero-order valence-corrected chi connectivity index (χ0v) is 19.9. The molecule has 1 heterocycles. The van der Waals surface area contributed by atoms with Gasteiger partial charge in [-0.15, -0.1) is 0 Å². The molecular weight excluding hydrogens is 344 g/mol. The van der Waals surface area contributed by atoms with E-state index in [0.29, 0.717) is 0 Å². The van der Waals surface area contributed by atoms with Gasteiger partial charge in [0.25, 0.3) is 0 Å². The smallest absolute Gasteiger partial charge is 0.0529 e. The van der Waals surface area contributed by atoms with Gasteiger partial charge in [0.1, 0.15) is 0 Å². The SMILES string of the molecule is CCCCCN1CN(CCCCC)CN(CCCCC)CN(CCCCC)C1. The monoisotopic (exact) mass is 396 g/mol. The molecule has 0 amide bonds. The summed E-state index contributed by atoms with van der Waals surface area (Å²) in [6.07, 6.45) is 16.1. The average Bonchev–Trinajstić information content (AvgIpc) is 2.66. The molecule has 1 rings (SSSR count). The predicted molar refractivity (Wildman–Crippen MR) is 124 cm³/mol. The fourth-order valence-corrected chi connectivity index (χ4v) is 4.22. The third-order valence-corrected chi connectivity index (χ3v) is 5.91. The highest BCUT2D eigenvalue weighted by Gasteiger charge is 2.22. The molecule has 4 nitrogen and oxygen atoms in total. The number of nitrogens with zero attached hydrogens (tertiary/aromatic N) is 4. The summed E-state index contributed by atoms with van der Waals surface area (Å²) in [6, 6.07) is 0. The van der Waals surface area contributed by atoms with Crippen molar-refractivity contribution in [3.05, 3.63) is 0 Å². The summed E-state index contributed by atoms with van der Waals surface area (Å²) in [5, 5.41) is 0. The molecule has 0 aromatic rings. The minimum Gasteiger partial charge on any atom is -0.277 e. The molecule has 0 unspecified atom stereocenters. The van der Waals surface area contributed by atoms with Gasteiger partial charge in [-0.25, -0.2) is 0 Å². The fraction of sp³-hybridized carbons (Fsp3) is 1.00. The summed E-state index contributed by atoms with van der Waals surface area (Å²) in [4.78, 5) is 10.9. The predicted octanol–water partition coefficient (Wildman–Crippen LogP) is 5.80. The lowest BCUT2D eigenvalue weighted by molar-refractivity contribution is -0.0310. The van der Waals surface area contributed by atoms with Crippen LogP contribution in [0.3, 0.4) is 0 Å². The van der Waals surface area contributed by atoms with Gasteiger partial charge in [0.2, 0.25) is 0 Å². The van der Waals surface area contributed by atoms with Crippen molar-refractivity contribution in [2.45, 2.75) is 105 Å². The topological polar surface area (TPSA) is 13.0 Å². The molecule has 0 N–H and O–H groups in total. The first kappa shape index (κ1) is 25.9. The van der Waals surface area contributed by atoms with E-state index in [0.717, 1.165) is 26.7 Å². The molecule has 1 aliphatic heterocycles. The van der Waals surface area contributed by atoms with Crippen LogP contribution in [0.15, 0.2) is 0 Å². The molecule has 0 aromatic carbocycles. The van der Waals surface area contributed by atoms with Crippen LogP contribution in [0, 0.1) is 0 Å². The van der Waals surface area contributed by atoms with Crippen LogP contribution in [0.5, 0.6) is 0 Å². The summed E-state index contributed by atoms with van der Waals surface area (Å²) < 4.78 is 0. The highest BCUT2D eigenvalue weighted by Crippen LogP contribution is 2.12. The Labute approximate surface area is 177 Å². The summed E-state index contributed by atoms with van der Waals surface area (Å²) >= 11 is 0. The highest BCUT2D eigenvalue weighted by atomic mass is 15.5. The maximum absolute atomic E-state index is 2.73. The third kappa shape index (κ3) is 12.4. The molecule has 0 radical (unpaired) electrons. The Balaban J connectivity index is 2.71. The van der Waals surface area contributed by atoms with Crippen LogP contribution in [-0.4, -0.2) is 72.5 Å². The second-order valence-electron chi connectivity index (χ2n) is 8.97. The first-order valence-electron chi connectivity index (χ1n) is 12.6. The van der Waals surface area contributed by atoms with Crippen LogP contribution in [0.1, 0.15) is 105 Å². The first-order valence-corrected chi connectivity index (χ1v) is 12.6. The van der Waals surface area contributed by atoms with Crippen molar-refractivity contribution < 1.29 is 0 Å². The molecule has 0 bridgehead atoms.